The third kappa shape index (κ3) is 3.15. The Bertz CT molecular complexity index is 884. The molecular formula is C17H11F3N2O. The number of halogens is 3. The molecule has 6 heteroatoms. The second-order valence-electron chi connectivity index (χ2n) is 4.95. The van der Waals surface area contributed by atoms with E-state index in [4.69, 9.17) is 0 Å². The fourth-order valence-electron chi connectivity index (χ4n) is 2.18. The lowest BCUT2D eigenvalue weighted by atomic mass is 10.1. The number of hydrogen-bond donors (Lipinski definition) is 0. The van der Waals surface area contributed by atoms with Crippen molar-refractivity contribution in [2.45, 2.75) is 6.54 Å². The minimum Gasteiger partial charge on any atom is -0.268 e. The Balaban J connectivity index is 2.02. The van der Waals surface area contributed by atoms with Crippen LogP contribution in [0.4, 0.5) is 13.2 Å². The second-order valence-corrected chi connectivity index (χ2v) is 4.95. The van der Waals surface area contributed by atoms with Gasteiger partial charge in [-0.1, -0.05) is 30.3 Å². The van der Waals surface area contributed by atoms with Crippen molar-refractivity contribution in [2.24, 2.45) is 0 Å². The Morgan fingerprint density at radius 2 is 1.57 bits per heavy atom. The van der Waals surface area contributed by atoms with Crippen LogP contribution in [0.15, 0.2) is 59.4 Å². The maximum absolute atomic E-state index is 13.3. The summed E-state index contributed by atoms with van der Waals surface area (Å²) in [5, 5.41) is 4.10. The molecule has 1 heterocycles. The molecular weight excluding hydrogens is 305 g/mol. The highest BCUT2D eigenvalue weighted by atomic mass is 19.2. The third-order valence-corrected chi connectivity index (χ3v) is 3.32. The molecule has 0 aliphatic carbocycles. The summed E-state index contributed by atoms with van der Waals surface area (Å²) in [6.07, 6.45) is 0. The fourth-order valence-corrected chi connectivity index (χ4v) is 2.18. The Labute approximate surface area is 129 Å². The highest BCUT2D eigenvalue weighted by Gasteiger charge is 2.13. The lowest BCUT2D eigenvalue weighted by molar-refractivity contribution is 0.447. The summed E-state index contributed by atoms with van der Waals surface area (Å²) in [6, 6.07) is 13.5. The molecule has 116 valence electrons. The van der Waals surface area contributed by atoms with Crippen molar-refractivity contribution in [2.75, 3.05) is 0 Å². The summed E-state index contributed by atoms with van der Waals surface area (Å²) in [4.78, 5) is 11.9. The van der Waals surface area contributed by atoms with Crippen LogP contribution in [0.5, 0.6) is 0 Å². The molecule has 0 bridgehead atoms. The quantitative estimate of drug-likeness (QED) is 0.694. The molecule has 0 aliphatic heterocycles. The summed E-state index contributed by atoms with van der Waals surface area (Å²) in [5.41, 5.74) is 0.748. The molecule has 1 aromatic heterocycles. The van der Waals surface area contributed by atoms with Crippen molar-refractivity contribution >= 4 is 0 Å². The molecule has 0 radical (unpaired) electrons. The van der Waals surface area contributed by atoms with Gasteiger partial charge in [0, 0.05) is 11.6 Å². The van der Waals surface area contributed by atoms with Crippen LogP contribution in [0, 0.1) is 17.5 Å². The van der Waals surface area contributed by atoms with Gasteiger partial charge in [0.15, 0.2) is 17.5 Å². The van der Waals surface area contributed by atoms with E-state index < -0.39 is 17.5 Å². The molecule has 0 spiro atoms. The lowest BCUT2D eigenvalue weighted by Gasteiger charge is -2.08. The van der Waals surface area contributed by atoms with Crippen LogP contribution < -0.4 is 5.56 Å². The number of nitrogens with zero attached hydrogens (tertiary/aromatic N) is 2. The maximum atomic E-state index is 13.3. The van der Waals surface area contributed by atoms with Crippen molar-refractivity contribution in [3.8, 4) is 11.3 Å². The molecule has 0 N–H and O–H groups in total. The second kappa shape index (κ2) is 6.08. The first-order valence-corrected chi connectivity index (χ1v) is 6.81. The van der Waals surface area contributed by atoms with Crippen molar-refractivity contribution in [3.05, 3.63) is 88.0 Å². The minimum absolute atomic E-state index is 0.0585. The van der Waals surface area contributed by atoms with Gasteiger partial charge in [0.1, 0.15) is 0 Å². The van der Waals surface area contributed by atoms with E-state index in [1.165, 1.54) is 16.8 Å². The van der Waals surface area contributed by atoms with Gasteiger partial charge < -0.3 is 0 Å². The van der Waals surface area contributed by atoms with Crippen LogP contribution in [0.25, 0.3) is 11.3 Å². The molecule has 0 saturated carbocycles. The summed E-state index contributed by atoms with van der Waals surface area (Å²) < 4.78 is 40.9. The monoisotopic (exact) mass is 316 g/mol. The highest BCUT2D eigenvalue weighted by molar-refractivity contribution is 5.58. The average Bonchev–Trinajstić information content (AvgIpc) is 2.55. The van der Waals surface area contributed by atoms with Gasteiger partial charge in [-0.15, -0.1) is 0 Å². The first-order valence-electron chi connectivity index (χ1n) is 6.81. The first-order chi connectivity index (χ1) is 11.0. The van der Waals surface area contributed by atoms with Crippen LogP contribution in [0.3, 0.4) is 0 Å². The van der Waals surface area contributed by atoms with Crippen LogP contribution >= 0.6 is 0 Å². The van der Waals surface area contributed by atoms with E-state index in [-0.39, 0.29) is 23.4 Å². The molecule has 3 aromatic rings. The Morgan fingerprint density at radius 1 is 0.913 bits per heavy atom. The predicted octanol–water partition coefficient (Wildman–Crippen LogP) is 3.38. The van der Waals surface area contributed by atoms with E-state index in [1.54, 1.807) is 0 Å². The predicted molar refractivity (Wildman–Crippen MR) is 79.4 cm³/mol. The minimum atomic E-state index is -1.54. The van der Waals surface area contributed by atoms with Gasteiger partial charge >= 0.3 is 0 Å². The topological polar surface area (TPSA) is 34.9 Å². The highest BCUT2D eigenvalue weighted by Crippen LogP contribution is 2.21. The van der Waals surface area contributed by atoms with Gasteiger partial charge in [0.25, 0.3) is 5.56 Å². The van der Waals surface area contributed by atoms with Gasteiger partial charge in [-0.25, -0.2) is 17.9 Å². The van der Waals surface area contributed by atoms with E-state index in [0.717, 1.165) is 17.7 Å². The Hall–Kier alpha value is -2.89. The zero-order chi connectivity index (χ0) is 16.4. The summed E-state index contributed by atoms with van der Waals surface area (Å²) in [5.74, 6) is -4.14. The van der Waals surface area contributed by atoms with E-state index in [2.05, 4.69) is 5.10 Å². The summed E-state index contributed by atoms with van der Waals surface area (Å²) in [7, 11) is 0. The summed E-state index contributed by atoms with van der Waals surface area (Å²) in [6.45, 7) is 0.222. The zero-order valence-electron chi connectivity index (χ0n) is 11.8. The van der Waals surface area contributed by atoms with Gasteiger partial charge in [-0.2, -0.15) is 5.10 Å². The van der Waals surface area contributed by atoms with Crippen LogP contribution in [0.2, 0.25) is 0 Å². The van der Waals surface area contributed by atoms with Crippen LogP contribution in [-0.4, -0.2) is 9.78 Å². The van der Waals surface area contributed by atoms with Crippen LogP contribution in [-0.2, 0) is 6.54 Å². The Kier molecular flexibility index (Phi) is 3.97. The number of hydrogen-bond acceptors (Lipinski definition) is 2. The van der Waals surface area contributed by atoms with Crippen molar-refractivity contribution in [1.29, 1.82) is 0 Å². The number of benzene rings is 2. The van der Waals surface area contributed by atoms with E-state index in [0.29, 0.717) is 0 Å². The van der Waals surface area contributed by atoms with Crippen molar-refractivity contribution in [1.82, 2.24) is 9.78 Å². The van der Waals surface area contributed by atoms with E-state index in [1.807, 2.05) is 30.3 Å². The largest absolute Gasteiger partial charge is 0.268 e. The van der Waals surface area contributed by atoms with Crippen molar-refractivity contribution in [3.63, 3.8) is 0 Å². The summed E-state index contributed by atoms with van der Waals surface area (Å²) >= 11 is 0. The van der Waals surface area contributed by atoms with Crippen molar-refractivity contribution < 1.29 is 13.2 Å². The third-order valence-electron chi connectivity index (χ3n) is 3.32. The molecule has 0 unspecified atom stereocenters. The standard InChI is InChI=1S/C17H11F3N2O/c18-13-8-12(9-14(19)17(13)20)15-6-7-16(23)22(21-15)10-11-4-2-1-3-5-11/h1-9H,10H2. The molecule has 0 amide bonds. The Morgan fingerprint density at radius 3 is 2.22 bits per heavy atom. The van der Waals surface area contributed by atoms with E-state index in [9.17, 15) is 18.0 Å². The smallest absolute Gasteiger partial charge is 0.267 e. The molecule has 0 saturated heterocycles. The molecule has 0 atom stereocenters. The molecule has 3 nitrogen and oxygen atoms in total. The van der Waals surface area contributed by atoms with E-state index >= 15 is 0 Å². The SMILES string of the molecule is O=c1ccc(-c2cc(F)c(F)c(F)c2)nn1Cc1ccccc1. The first kappa shape index (κ1) is 15.0. The molecule has 3 rings (SSSR count). The average molecular weight is 316 g/mol. The molecule has 0 fully saturated rings. The molecule has 0 aliphatic rings. The number of aromatic nitrogens is 2. The normalized spacial score (nSPS) is 10.7. The number of rotatable bonds is 3. The molecule has 2 aromatic carbocycles. The molecule has 23 heavy (non-hydrogen) atoms. The van der Waals surface area contributed by atoms with Crippen LogP contribution in [0.1, 0.15) is 5.56 Å². The van der Waals surface area contributed by atoms with Gasteiger partial charge in [0.05, 0.1) is 12.2 Å². The van der Waals surface area contributed by atoms with Gasteiger partial charge in [-0.3, -0.25) is 4.79 Å². The fraction of sp³-hybridized carbons (Fsp3) is 0.0588. The lowest BCUT2D eigenvalue weighted by Crippen LogP contribution is -2.22. The zero-order valence-corrected chi connectivity index (χ0v) is 11.8. The maximum Gasteiger partial charge on any atom is 0.267 e. The van der Waals surface area contributed by atoms with Gasteiger partial charge in [-0.05, 0) is 23.8 Å². The van der Waals surface area contributed by atoms with Gasteiger partial charge in [0.2, 0.25) is 0 Å².